The monoisotopic (exact) mass is 183 g/mol. The molecule has 0 amide bonds. The summed E-state index contributed by atoms with van der Waals surface area (Å²) >= 11 is 5.83. The van der Waals surface area contributed by atoms with Gasteiger partial charge in [-0.25, -0.2) is 0 Å². The van der Waals surface area contributed by atoms with Crippen molar-refractivity contribution in [2.75, 3.05) is 6.61 Å². The maximum atomic E-state index is 5.88. The van der Waals surface area contributed by atoms with Crippen molar-refractivity contribution in [1.82, 2.24) is 0 Å². The topological polar surface area (TPSA) is 35.2 Å². The minimum absolute atomic E-state index is 0.0763. The van der Waals surface area contributed by atoms with Crippen LogP contribution in [0.4, 0.5) is 0 Å². The van der Waals surface area contributed by atoms with Crippen LogP contribution in [-0.4, -0.2) is 6.61 Å². The molecule has 0 unspecified atom stereocenters. The first-order chi connectivity index (χ1) is 5.77. The molecule has 0 fully saturated rings. The number of fused-ring (bicyclic) bond motifs is 1. The maximum Gasteiger partial charge on any atom is 0.124 e. The highest BCUT2D eigenvalue weighted by Crippen LogP contribution is 2.32. The molecule has 1 atom stereocenters. The second-order valence-electron chi connectivity index (χ2n) is 2.93. The fourth-order valence-electron chi connectivity index (χ4n) is 1.39. The molecule has 0 saturated carbocycles. The molecule has 3 heteroatoms. The summed E-state index contributed by atoms with van der Waals surface area (Å²) in [4.78, 5) is 0. The van der Waals surface area contributed by atoms with Crippen molar-refractivity contribution in [3.63, 3.8) is 0 Å². The van der Waals surface area contributed by atoms with Gasteiger partial charge in [0.2, 0.25) is 0 Å². The van der Waals surface area contributed by atoms with E-state index in [9.17, 15) is 0 Å². The molecule has 0 radical (unpaired) electrons. The van der Waals surface area contributed by atoms with E-state index in [1.807, 2.05) is 18.2 Å². The summed E-state index contributed by atoms with van der Waals surface area (Å²) in [6.07, 6.45) is 0.868. The van der Waals surface area contributed by atoms with Crippen LogP contribution in [-0.2, 0) is 0 Å². The number of nitrogens with two attached hydrogens (primary N) is 1. The molecule has 1 aliphatic rings. The number of hydrogen-bond acceptors (Lipinski definition) is 2. The van der Waals surface area contributed by atoms with Crippen molar-refractivity contribution in [2.45, 2.75) is 12.5 Å². The van der Waals surface area contributed by atoms with Gasteiger partial charge in [0, 0.05) is 23.0 Å². The Balaban J connectivity index is 2.47. The molecular formula is C9H10ClNO. The van der Waals surface area contributed by atoms with Gasteiger partial charge in [0.05, 0.1) is 6.61 Å². The van der Waals surface area contributed by atoms with Gasteiger partial charge in [-0.1, -0.05) is 11.6 Å². The zero-order valence-corrected chi connectivity index (χ0v) is 7.34. The normalized spacial score (nSPS) is 21.3. The Bertz CT molecular complexity index is 301. The summed E-state index contributed by atoms with van der Waals surface area (Å²) in [6.45, 7) is 0.704. The van der Waals surface area contributed by atoms with Crippen LogP contribution in [0.15, 0.2) is 18.2 Å². The predicted molar refractivity (Wildman–Crippen MR) is 48.5 cm³/mol. The highest BCUT2D eigenvalue weighted by Gasteiger charge is 2.17. The number of rotatable bonds is 0. The van der Waals surface area contributed by atoms with Crippen molar-refractivity contribution in [2.24, 2.45) is 5.73 Å². The molecule has 2 nitrogen and oxygen atoms in total. The molecule has 1 aliphatic heterocycles. The Morgan fingerprint density at radius 2 is 2.33 bits per heavy atom. The van der Waals surface area contributed by atoms with Gasteiger partial charge in [-0.05, 0) is 18.2 Å². The molecular weight excluding hydrogens is 174 g/mol. The van der Waals surface area contributed by atoms with Crippen molar-refractivity contribution >= 4 is 11.6 Å². The van der Waals surface area contributed by atoms with Crippen LogP contribution in [0.1, 0.15) is 18.0 Å². The largest absolute Gasteiger partial charge is 0.493 e. The third-order valence-electron chi connectivity index (χ3n) is 2.06. The molecule has 0 saturated heterocycles. The predicted octanol–water partition coefficient (Wildman–Crippen LogP) is 2.12. The maximum absolute atomic E-state index is 5.88. The average Bonchev–Trinajstić information content (AvgIpc) is 2.07. The van der Waals surface area contributed by atoms with Crippen LogP contribution in [0.3, 0.4) is 0 Å². The van der Waals surface area contributed by atoms with Gasteiger partial charge >= 0.3 is 0 Å². The van der Waals surface area contributed by atoms with Gasteiger partial charge in [-0.2, -0.15) is 0 Å². The molecule has 1 aromatic rings. The summed E-state index contributed by atoms with van der Waals surface area (Å²) in [5.74, 6) is 0.873. The minimum atomic E-state index is 0.0763. The van der Waals surface area contributed by atoms with E-state index in [0.29, 0.717) is 6.61 Å². The van der Waals surface area contributed by atoms with Gasteiger partial charge < -0.3 is 10.5 Å². The summed E-state index contributed by atoms with van der Waals surface area (Å²) in [5.41, 5.74) is 6.90. The summed E-state index contributed by atoms with van der Waals surface area (Å²) in [6, 6.07) is 5.64. The van der Waals surface area contributed by atoms with Crippen LogP contribution >= 0.6 is 11.6 Å². The lowest BCUT2D eigenvalue weighted by molar-refractivity contribution is 0.269. The van der Waals surface area contributed by atoms with Gasteiger partial charge in [-0.3, -0.25) is 0 Å². The summed E-state index contributed by atoms with van der Waals surface area (Å²) in [7, 11) is 0. The van der Waals surface area contributed by atoms with Crippen LogP contribution in [0, 0.1) is 0 Å². The van der Waals surface area contributed by atoms with E-state index in [2.05, 4.69) is 0 Å². The molecule has 1 heterocycles. The van der Waals surface area contributed by atoms with E-state index in [1.165, 1.54) is 0 Å². The smallest absolute Gasteiger partial charge is 0.124 e. The molecule has 0 aliphatic carbocycles. The van der Waals surface area contributed by atoms with Gasteiger partial charge in [0.15, 0.2) is 0 Å². The van der Waals surface area contributed by atoms with E-state index in [1.54, 1.807) is 0 Å². The second-order valence-corrected chi connectivity index (χ2v) is 3.36. The quantitative estimate of drug-likeness (QED) is 0.669. The first-order valence-corrected chi connectivity index (χ1v) is 4.33. The van der Waals surface area contributed by atoms with Crippen molar-refractivity contribution in [3.05, 3.63) is 28.8 Å². The van der Waals surface area contributed by atoms with Crippen molar-refractivity contribution in [3.8, 4) is 5.75 Å². The zero-order valence-electron chi connectivity index (χ0n) is 6.59. The fraction of sp³-hybridized carbons (Fsp3) is 0.333. The number of halogens is 1. The zero-order chi connectivity index (χ0) is 8.55. The second kappa shape index (κ2) is 2.96. The van der Waals surface area contributed by atoms with Crippen LogP contribution in [0.5, 0.6) is 5.75 Å². The van der Waals surface area contributed by atoms with E-state index < -0.39 is 0 Å². The van der Waals surface area contributed by atoms with Crippen molar-refractivity contribution < 1.29 is 4.74 Å². The highest BCUT2D eigenvalue weighted by atomic mass is 35.5. The Morgan fingerprint density at radius 3 is 3.17 bits per heavy atom. The van der Waals surface area contributed by atoms with Crippen molar-refractivity contribution in [1.29, 1.82) is 0 Å². The average molecular weight is 184 g/mol. The Hall–Kier alpha value is -0.730. The lowest BCUT2D eigenvalue weighted by Crippen LogP contribution is -2.20. The standard InChI is InChI=1S/C9H10ClNO/c10-6-1-2-9-7(5-6)8(11)3-4-12-9/h1-2,5,8H,3-4,11H2/t8-/m0/s1. The van der Waals surface area contributed by atoms with Crippen LogP contribution < -0.4 is 10.5 Å². The highest BCUT2D eigenvalue weighted by molar-refractivity contribution is 6.30. The van der Waals surface area contributed by atoms with Crippen LogP contribution in [0.25, 0.3) is 0 Å². The molecule has 2 rings (SSSR count). The van der Waals surface area contributed by atoms with E-state index in [-0.39, 0.29) is 6.04 Å². The van der Waals surface area contributed by atoms with Gasteiger partial charge in [-0.15, -0.1) is 0 Å². The first-order valence-electron chi connectivity index (χ1n) is 3.95. The molecule has 1 aromatic carbocycles. The summed E-state index contributed by atoms with van der Waals surface area (Å²) in [5, 5.41) is 0.717. The molecule has 0 bridgehead atoms. The number of benzene rings is 1. The van der Waals surface area contributed by atoms with E-state index >= 15 is 0 Å². The van der Waals surface area contributed by atoms with Gasteiger partial charge in [0.25, 0.3) is 0 Å². The molecule has 64 valence electrons. The SMILES string of the molecule is N[C@H]1CCOc2ccc(Cl)cc21. The Kier molecular flexibility index (Phi) is 1.95. The molecule has 2 N–H and O–H groups in total. The molecule has 0 aromatic heterocycles. The fourth-order valence-corrected chi connectivity index (χ4v) is 1.57. The lowest BCUT2D eigenvalue weighted by Gasteiger charge is -2.22. The third-order valence-corrected chi connectivity index (χ3v) is 2.29. The lowest BCUT2D eigenvalue weighted by atomic mass is 10.0. The number of ether oxygens (including phenoxy) is 1. The molecule has 0 spiro atoms. The Labute approximate surface area is 76.3 Å². The van der Waals surface area contributed by atoms with Crippen LogP contribution in [0.2, 0.25) is 5.02 Å². The number of hydrogen-bond donors (Lipinski definition) is 1. The summed E-state index contributed by atoms with van der Waals surface area (Å²) < 4.78 is 5.41. The Morgan fingerprint density at radius 1 is 1.50 bits per heavy atom. The van der Waals surface area contributed by atoms with E-state index in [4.69, 9.17) is 22.1 Å². The van der Waals surface area contributed by atoms with Gasteiger partial charge in [0.1, 0.15) is 5.75 Å². The molecule has 12 heavy (non-hydrogen) atoms. The minimum Gasteiger partial charge on any atom is -0.493 e. The first kappa shape index (κ1) is 7.90. The van der Waals surface area contributed by atoms with E-state index in [0.717, 1.165) is 22.8 Å². The third kappa shape index (κ3) is 1.28.